The van der Waals surface area contributed by atoms with Crippen molar-refractivity contribution in [2.75, 3.05) is 39.5 Å². The maximum Gasteiger partial charge on any atom is 0.118 e. The zero-order valence-corrected chi connectivity index (χ0v) is 18.1. The molecular weight excluding hydrogens is 392 g/mol. The standard InChI is InChI=1S/C25H28N2O2S/c30-19-20-9-11-22(12-10-20)25(24-8-3-6-21-5-1-2-7-23(21)24)26-29-16-4-13-27-14-17-28-18-15-27/h1-3,5-12,30H,4,13-19H2/b26-25-. The Morgan fingerprint density at radius 1 is 0.967 bits per heavy atom. The summed E-state index contributed by atoms with van der Waals surface area (Å²) in [5.74, 6) is 0.721. The number of morpholine rings is 1. The van der Waals surface area contributed by atoms with Crippen LogP contribution in [0.2, 0.25) is 0 Å². The van der Waals surface area contributed by atoms with Gasteiger partial charge >= 0.3 is 0 Å². The normalized spacial score (nSPS) is 15.4. The SMILES string of the molecule is SCc1ccc(/C(=N/OCCCN2CCOCC2)c2cccc3ccccc23)cc1. The third kappa shape index (κ3) is 5.22. The van der Waals surface area contributed by atoms with Crippen LogP contribution in [0.4, 0.5) is 0 Å². The van der Waals surface area contributed by atoms with Gasteiger partial charge in [-0.05, 0) is 22.8 Å². The lowest BCUT2D eigenvalue weighted by atomic mass is 9.96. The molecule has 1 heterocycles. The van der Waals surface area contributed by atoms with Crippen molar-refractivity contribution in [2.45, 2.75) is 12.2 Å². The third-order valence-electron chi connectivity index (χ3n) is 5.42. The molecule has 1 aliphatic rings. The lowest BCUT2D eigenvalue weighted by Crippen LogP contribution is -2.37. The van der Waals surface area contributed by atoms with Gasteiger partial charge in [0, 0.05) is 36.5 Å². The van der Waals surface area contributed by atoms with E-state index < -0.39 is 0 Å². The minimum atomic E-state index is 0.598. The van der Waals surface area contributed by atoms with Crippen molar-refractivity contribution in [3.8, 4) is 0 Å². The van der Waals surface area contributed by atoms with Crippen molar-refractivity contribution in [2.24, 2.45) is 5.16 Å². The monoisotopic (exact) mass is 420 g/mol. The Balaban J connectivity index is 1.54. The molecule has 30 heavy (non-hydrogen) atoms. The van der Waals surface area contributed by atoms with E-state index in [-0.39, 0.29) is 0 Å². The molecule has 3 aromatic carbocycles. The van der Waals surface area contributed by atoms with Crippen LogP contribution in [0.5, 0.6) is 0 Å². The molecule has 0 aromatic heterocycles. The van der Waals surface area contributed by atoms with Gasteiger partial charge < -0.3 is 9.57 Å². The van der Waals surface area contributed by atoms with Crippen LogP contribution >= 0.6 is 12.6 Å². The molecule has 1 aliphatic heterocycles. The largest absolute Gasteiger partial charge is 0.395 e. The van der Waals surface area contributed by atoms with Crippen LogP contribution in [-0.2, 0) is 15.3 Å². The van der Waals surface area contributed by atoms with Crippen LogP contribution in [0.1, 0.15) is 23.1 Å². The van der Waals surface area contributed by atoms with Gasteiger partial charge in [0.2, 0.25) is 0 Å². The number of rotatable bonds is 8. The number of hydrogen-bond acceptors (Lipinski definition) is 5. The second-order valence-electron chi connectivity index (χ2n) is 7.46. The van der Waals surface area contributed by atoms with Gasteiger partial charge in [0.15, 0.2) is 0 Å². The van der Waals surface area contributed by atoms with E-state index in [2.05, 4.69) is 89.4 Å². The first-order chi connectivity index (χ1) is 14.8. The second-order valence-corrected chi connectivity index (χ2v) is 7.78. The molecular formula is C25H28N2O2S. The highest BCUT2D eigenvalue weighted by Crippen LogP contribution is 2.23. The zero-order chi connectivity index (χ0) is 20.6. The number of nitrogens with zero attached hydrogens (tertiary/aromatic N) is 2. The molecule has 0 N–H and O–H groups in total. The summed E-state index contributed by atoms with van der Waals surface area (Å²) < 4.78 is 5.41. The van der Waals surface area contributed by atoms with Crippen molar-refractivity contribution in [3.05, 3.63) is 83.4 Å². The van der Waals surface area contributed by atoms with Gasteiger partial charge in [-0.1, -0.05) is 71.9 Å². The number of oxime groups is 1. The minimum absolute atomic E-state index is 0.598. The highest BCUT2D eigenvalue weighted by Gasteiger charge is 2.13. The van der Waals surface area contributed by atoms with E-state index in [9.17, 15) is 0 Å². The first-order valence-corrected chi connectivity index (χ1v) is 11.2. The first-order valence-electron chi connectivity index (χ1n) is 10.5. The Bertz CT molecular complexity index is 977. The molecule has 4 nitrogen and oxygen atoms in total. The van der Waals surface area contributed by atoms with E-state index in [1.165, 1.54) is 16.3 Å². The summed E-state index contributed by atoms with van der Waals surface area (Å²) in [7, 11) is 0. The molecule has 4 rings (SSSR count). The molecule has 0 radical (unpaired) electrons. The zero-order valence-electron chi connectivity index (χ0n) is 17.2. The van der Waals surface area contributed by atoms with E-state index in [0.29, 0.717) is 6.61 Å². The summed E-state index contributed by atoms with van der Waals surface area (Å²) in [6, 6.07) is 23.1. The Kier molecular flexibility index (Phi) is 7.40. The summed E-state index contributed by atoms with van der Waals surface area (Å²) >= 11 is 4.37. The highest BCUT2D eigenvalue weighted by atomic mass is 32.1. The average molecular weight is 421 g/mol. The van der Waals surface area contributed by atoms with Gasteiger partial charge in [-0.15, -0.1) is 0 Å². The number of hydrogen-bond donors (Lipinski definition) is 1. The first kappa shape index (κ1) is 20.9. The summed E-state index contributed by atoms with van der Waals surface area (Å²) in [6.07, 6.45) is 0.949. The predicted molar refractivity (Wildman–Crippen MR) is 127 cm³/mol. The lowest BCUT2D eigenvalue weighted by Gasteiger charge is -2.26. The smallest absolute Gasteiger partial charge is 0.118 e. The Morgan fingerprint density at radius 2 is 1.73 bits per heavy atom. The Labute approximate surface area is 183 Å². The van der Waals surface area contributed by atoms with E-state index in [1.54, 1.807) is 0 Å². The molecule has 0 bridgehead atoms. The van der Waals surface area contributed by atoms with Crippen LogP contribution in [-0.4, -0.2) is 50.1 Å². The maximum atomic E-state index is 5.82. The van der Waals surface area contributed by atoms with Crippen LogP contribution in [0.3, 0.4) is 0 Å². The topological polar surface area (TPSA) is 34.1 Å². The van der Waals surface area contributed by atoms with E-state index in [4.69, 9.17) is 9.57 Å². The fourth-order valence-corrected chi connectivity index (χ4v) is 3.96. The van der Waals surface area contributed by atoms with E-state index >= 15 is 0 Å². The van der Waals surface area contributed by atoms with E-state index in [0.717, 1.165) is 61.9 Å². The fourth-order valence-electron chi connectivity index (χ4n) is 3.74. The molecule has 1 fully saturated rings. The van der Waals surface area contributed by atoms with Gasteiger partial charge in [-0.3, -0.25) is 4.90 Å². The number of ether oxygens (including phenoxy) is 1. The highest BCUT2D eigenvalue weighted by molar-refractivity contribution is 7.79. The quantitative estimate of drug-likeness (QED) is 0.247. The molecule has 1 saturated heterocycles. The molecule has 0 amide bonds. The Hall–Kier alpha value is -2.34. The van der Waals surface area contributed by atoms with Crippen molar-refractivity contribution in [1.29, 1.82) is 0 Å². The Morgan fingerprint density at radius 3 is 2.53 bits per heavy atom. The van der Waals surface area contributed by atoms with Crippen molar-refractivity contribution in [1.82, 2.24) is 4.90 Å². The van der Waals surface area contributed by atoms with Gasteiger partial charge in [-0.25, -0.2) is 0 Å². The van der Waals surface area contributed by atoms with Crippen molar-refractivity contribution >= 4 is 29.1 Å². The van der Waals surface area contributed by atoms with Crippen LogP contribution < -0.4 is 0 Å². The van der Waals surface area contributed by atoms with Gasteiger partial charge in [0.1, 0.15) is 12.3 Å². The summed E-state index contributed by atoms with van der Waals surface area (Å²) in [5, 5.41) is 6.98. The molecule has 5 heteroatoms. The average Bonchev–Trinajstić information content (AvgIpc) is 2.82. The molecule has 0 aliphatic carbocycles. The molecule has 0 saturated carbocycles. The third-order valence-corrected chi connectivity index (χ3v) is 5.79. The van der Waals surface area contributed by atoms with E-state index in [1.807, 2.05) is 0 Å². The molecule has 3 aromatic rings. The van der Waals surface area contributed by atoms with Crippen molar-refractivity contribution < 1.29 is 9.57 Å². The van der Waals surface area contributed by atoms with Gasteiger partial charge in [-0.2, -0.15) is 12.6 Å². The maximum absolute atomic E-state index is 5.82. The van der Waals surface area contributed by atoms with Crippen LogP contribution in [0.15, 0.2) is 71.9 Å². The van der Waals surface area contributed by atoms with Gasteiger partial charge in [0.05, 0.1) is 13.2 Å². The lowest BCUT2D eigenvalue weighted by molar-refractivity contribution is 0.0323. The van der Waals surface area contributed by atoms with Crippen LogP contribution in [0, 0.1) is 0 Å². The summed E-state index contributed by atoms with van der Waals surface area (Å²) in [6.45, 7) is 5.27. The number of thiol groups is 1. The van der Waals surface area contributed by atoms with Crippen LogP contribution in [0.25, 0.3) is 10.8 Å². The van der Waals surface area contributed by atoms with Crippen molar-refractivity contribution in [3.63, 3.8) is 0 Å². The minimum Gasteiger partial charge on any atom is -0.395 e. The molecule has 156 valence electrons. The molecule has 0 unspecified atom stereocenters. The second kappa shape index (κ2) is 10.6. The van der Waals surface area contributed by atoms with Gasteiger partial charge in [0.25, 0.3) is 0 Å². The number of benzene rings is 3. The predicted octanol–water partition coefficient (Wildman–Crippen LogP) is 4.76. The number of fused-ring (bicyclic) bond motifs is 1. The summed E-state index contributed by atoms with van der Waals surface area (Å²) in [5.41, 5.74) is 4.18. The summed E-state index contributed by atoms with van der Waals surface area (Å²) in [4.78, 5) is 8.23. The fraction of sp³-hybridized carbons (Fsp3) is 0.320. The molecule has 0 atom stereocenters. The molecule has 0 spiro atoms.